The molecule has 7 heavy (non-hydrogen) atoms. The Balaban J connectivity index is 2.66. The van der Waals surface area contributed by atoms with Gasteiger partial charge in [-0.3, -0.25) is 5.43 Å². The highest BCUT2D eigenvalue weighted by Gasteiger charge is 1.84. The lowest BCUT2D eigenvalue weighted by atomic mass is 10.7. The van der Waals surface area contributed by atoms with E-state index in [2.05, 4.69) is 22.1 Å². The van der Waals surface area contributed by atoms with Gasteiger partial charge in [0, 0.05) is 6.21 Å². The molecule has 1 rings (SSSR count). The van der Waals surface area contributed by atoms with E-state index >= 15 is 0 Å². The van der Waals surface area contributed by atoms with Gasteiger partial charge >= 0.3 is 0 Å². The van der Waals surface area contributed by atoms with Gasteiger partial charge in [0.25, 0.3) is 0 Å². The van der Waals surface area contributed by atoms with Crippen molar-refractivity contribution in [3.05, 3.63) is 12.4 Å². The van der Waals surface area contributed by atoms with Crippen LogP contribution in [0, 0.1) is 0 Å². The van der Waals surface area contributed by atoms with E-state index in [4.69, 9.17) is 0 Å². The van der Waals surface area contributed by atoms with Gasteiger partial charge in [0.05, 0.1) is 6.21 Å². The third kappa shape index (κ3) is 0.855. The molecule has 0 aromatic carbocycles. The predicted octanol–water partition coefficient (Wildman–Crippen LogP) is 0.117. The fourth-order valence-corrected chi connectivity index (χ4v) is 0.297. The van der Waals surface area contributed by atoms with Crippen molar-refractivity contribution in [2.24, 2.45) is 10.1 Å². The molecule has 0 saturated heterocycles. The van der Waals surface area contributed by atoms with E-state index in [-0.39, 0.29) is 0 Å². The summed E-state index contributed by atoms with van der Waals surface area (Å²) in [5.74, 6) is 0.586. The largest absolute Gasteiger partial charge is 0.262 e. The Morgan fingerprint density at radius 1 is 1.57 bits per heavy atom. The topological polar surface area (TPSA) is 36.8 Å². The minimum absolute atomic E-state index is 0.586. The summed E-state index contributed by atoms with van der Waals surface area (Å²) < 4.78 is 0. The third-order valence-electron chi connectivity index (χ3n) is 0.565. The number of nitrogens with zero attached hydrogens (tertiary/aromatic N) is 2. The summed E-state index contributed by atoms with van der Waals surface area (Å²) in [7, 11) is 0. The summed E-state index contributed by atoms with van der Waals surface area (Å²) >= 11 is 0. The molecule has 0 amide bonds. The van der Waals surface area contributed by atoms with Gasteiger partial charge in [0.15, 0.2) is 0 Å². The van der Waals surface area contributed by atoms with E-state index in [1.165, 1.54) is 0 Å². The van der Waals surface area contributed by atoms with Crippen LogP contribution in [0.25, 0.3) is 0 Å². The molecular weight excluding hydrogens is 90.1 g/mol. The van der Waals surface area contributed by atoms with Crippen LogP contribution in [0.5, 0.6) is 0 Å². The number of rotatable bonds is 0. The van der Waals surface area contributed by atoms with Crippen LogP contribution in [0.2, 0.25) is 0 Å². The van der Waals surface area contributed by atoms with Crippen LogP contribution in [0.1, 0.15) is 0 Å². The Morgan fingerprint density at radius 3 is 2.71 bits per heavy atom. The van der Waals surface area contributed by atoms with Gasteiger partial charge in [-0.1, -0.05) is 6.58 Å². The van der Waals surface area contributed by atoms with E-state index in [1.807, 2.05) is 0 Å². The Labute approximate surface area is 41.4 Å². The summed E-state index contributed by atoms with van der Waals surface area (Å²) in [5.41, 5.74) is 2.56. The van der Waals surface area contributed by atoms with Gasteiger partial charge in [-0.15, -0.1) is 0 Å². The zero-order valence-corrected chi connectivity index (χ0v) is 3.76. The van der Waals surface area contributed by atoms with Crippen molar-refractivity contribution in [2.75, 3.05) is 0 Å². The second kappa shape index (κ2) is 1.55. The van der Waals surface area contributed by atoms with Gasteiger partial charge in [0.2, 0.25) is 0 Å². The molecule has 3 heteroatoms. The molecule has 0 aromatic heterocycles. The van der Waals surface area contributed by atoms with Gasteiger partial charge in [0.1, 0.15) is 5.82 Å². The normalized spacial score (nSPS) is 16.9. The van der Waals surface area contributed by atoms with Gasteiger partial charge in [-0.05, 0) is 0 Å². The van der Waals surface area contributed by atoms with Gasteiger partial charge in [-0.25, -0.2) is 4.99 Å². The maximum Gasteiger partial charge on any atom is 0.138 e. The first kappa shape index (κ1) is 4.05. The number of hydrazone groups is 1. The first-order valence-corrected chi connectivity index (χ1v) is 1.90. The molecule has 1 aliphatic rings. The van der Waals surface area contributed by atoms with Crippen molar-refractivity contribution in [3.63, 3.8) is 0 Å². The lowest BCUT2D eigenvalue weighted by Gasteiger charge is -1.97. The molecular formula is C4H5N3. The Kier molecular flexibility index (Phi) is 0.898. The van der Waals surface area contributed by atoms with Crippen LogP contribution < -0.4 is 5.43 Å². The van der Waals surface area contributed by atoms with Gasteiger partial charge in [-0.2, -0.15) is 5.10 Å². The van der Waals surface area contributed by atoms with Crippen molar-refractivity contribution in [3.8, 4) is 0 Å². The Hall–Kier alpha value is -1.12. The molecule has 0 bridgehead atoms. The van der Waals surface area contributed by atoms with E-state index in [0.29, 0.717) is 5.82 Å². The SMILES string of the molecule is C=C1N=CC=NN1. The molecule has 0 unspecified atom stereocenters. The monoisotopic (exact) mass is 95.0 g/mol. The first-order valence-electron chi connectivity index (χ1n) is 1.90. The molecule has 0 atom stereocenters. The Bertz CT molecular complexity index is 134. The second-order valence-electron chi connectivity index (χ2n) is 1.11. The number of nitrogens with one attached hydrogen (secondary N) is 1. The predicted molar refractivity (Wildman–Crippen MR) is 29.3 cm³/mol. The van der Waals surface area contributed by atoms with Crippen LogP contribution >= 0.6 is 0 Å². The molecule has 0 aliphatic carbocycles. The third-order valence-corrected chi connectivity index (χ3v) is 0.565. The number of aliphatic imine (C=N–C) groups is 1. The quantitative estimate of drug-likeness (QED) is 0.455. The minimum atomic E-state index is 0.586. The fourth-order valence-electron chi connectivity index (χ4n) is 0.297. The van der Waals surface area contributed by atoms with E-state index < -0.39 is 0 Å². The highest BCUT2D eigenvalue weighted by atomic mass is 15.3. The molecule has 1 heterocycles. The second-order valence-corrected chi connectivity index (χ2v) is 1.11. The van der Waals surface area contributed by atoms with Crippen LogP contribution in [0.15, 0.2) is 22.5 Å². The number of hydrogen-bond acceptors (Lipinski definition) is 3. The summed E-state index contributed by atoms with van der Waals surface area (Å²) in [6.07, 6.45) is 3.15. The standard InChI is InChI=1S/C4H5N3/c1-4-5-2-3-6-7-4/h2-3,7H,1H2. The molecule has 1 N–H and O–H groups in total. The maximum absolute atomic E-state index is 3.75. The molecule has 0 saturated carbocycles. The Morgan fingerprint density at radius 2 is 2.43 bits per heavy atom. The van der Waals surface area contributed by atoms with E-state index in [9.17, 15) is 0 Å². The lowest BCUT2D eigenvalue weighted by Crippen LogP contribution is -2.06. The van der Waals surface area contributed by atoms with Crippen LogP contribution in [-0.4, -0.2) is 12.4 Å². The van der Waals surface area contributed by atoms with E-state index in [1.54, 1.807) is 12.4 Å². The first-order chi connectivity index (χ1) is 3.39. The smallest absolute Gasteiger partial charge is 0.138 e. The maximum atomic E-state index is 3.75. The van der Waals surface area contributed by atoms with Crippen LogP contribution in [0.3, 0.4) is 0 Å². The molecule has 3 nitrogen and oxygen atoms in total. The molecule has 0 radical (unpaired) electrons. The van der Waals surface area contributed by atoms with Crippen molar-refractivity contribution in [1.82, 2.24) is 5.43 Å². The molecule has 0 fully saturated rings. The van der Waals surface area contributed by atoms with Crippen molar-refractivity contribution in [1.29, 1.82) is 0 Å². The lowest BCUT2D eigenvalue weighted by molar-refractivity contribution is 0.878. The van der Waals surface area contributed by atoms with Crippen molar-refractivity contribution >= 4 is 12.4 Å². The highest BCUT2D eigenvalue weighted by Crippen LogP contribution is 1.85. The highest BCUT2D eigenvalue weighted by molar-refractivity contribution is 6.16. The van der Waals surface area contributed by atoms with Gasteiger partial charge < -0.3 is 0 Å². The molecule has 1 aliphatic heterocycles. The minimum Gasteiger partial charge on any atom is -0.262 e. The summed E-state index contributed by atoms with van der Waals surface area (Å²) in [6, 6.07) is 0. The van der Waals surface area contributed by atoms with Crippen molar-refractivity contribution < 1.29 is 0 Å². The average molecular weight is 95.1 g/mol. The zero-order valence-electron chi connectivity index (χ0n) is 3.76. The molecule has 0 spiro atoms. The van der Waals surface area contributed by atoms with Crippen molar-refractivity contribution in [2.45, 2.75) is 0 Å². The molecule has 0 aromatic rings. The molecule has 36 valence electrons. The van der Waals surface area contributed by atoms with Crippen LogP contribution in [-0.2, 0) is 0 Å². The fraction of sp³-hybridized carbons (Fsp3) is 0. The zero-order chi connectivity index (χ0) is 5.11. The van der Waals surface area contributed by atoms with E-state index in [0.717, 1.165) is 0 Å². The number of hydrogen-bond donors (Lipinski definition) is 1. The van der Waals surface area contributed by atoms with Crippen LogP contribution in [0.4, 0.5) is 0 Å². The summed E-state index contributed by atoms with van der Waals surface area (Å²) in [5, 5.41) is 3.63. The average Bonchev–Trinajstić information content (AvgIpc) is 1.69. The summed E-state index contributed by atoms with van der Waals surface area (Å²) in [4.78, 5) is 3.75. The summed E-state index contributed by atoms with van der Waals surface area (Å²) in [6.45, 7) is 3.49.